The van der Waals surface area contributed by atoms with Crippen molar-refractivity contribution in [1.29, 1.82) is 0 Å². The molecule has 0 saturated heterocycles. The number of hydrogen-bond acceptors (Lipinski definition) is 5. The van der Waals surface area contributed by atoms with Crippen LogP contribution in [0.4, 0.5) is 0 Å². The van der Waals surface area contributed by atoms with Gasteiger partial charge in [-0.25, -0.2) is 0 Å². The summed E-state index contributed by atoms with van der Waals surface area (Å²) in [5.41, 5.74) is 1.76. The molecule has 2 aromatic rings. The normalized spacial score (nSPS) is 12.5. The number of carbonyl (C=O) groups is 1. The average Bonchev–Trinajstić information content (AvgIpc) is 2.67. The van der Waals surface area contributed by atoms with Gasteiger partial charge in [0.25, 0.3) is 0 Å². The maximum atomic E-state index is 13.4. The van der Waals surface area contributed by atoms with E-state index in [1.165, 1.54) is 7.11 Å². The smallest absolute Gasteiger partial charge is 0.306 e. The van der Waals surface area contributed by atoms with Crippen LogP contribution in [0.2, 0.25) is 0 Å². The van der Waals surface area contributed by atoms with Crippen LogP contribution in [0, 0.1) is 5.92 Å². The molecule has 0 fully saturated rings. The standard InChI is InChI=1S/C23H31NO5S/c1-6-20(19-10-8-7-9-11-19)23(25)24(15-17(2)3)16-18-12-13-21(28-4)22(14-18)29-30(5,26)27/h7-14,17,20H,6,15-16H2,1-5H3. The molecule has 0 heterocycles. The molecule has 0 aromatic heterocycles. The lowest BCUT2D eigenvalue weighted by atomic mass is 9.94. The van der Waals surface area contributed by atoms with Crippen molar-refractivity contribution >= 4 is 16.0 Å². The molecule has 164 valence electrons. The third kappa shape index (κ3) is 6.76. The number of ether oxygens (including phenoxy) is 1. The number of nitrogens with zero attached hydrogens (tertiary/aromatic N) is 1. The van der Waals surface area contributed by atoms with Gasteiger partial charge in [0, 0.05) is 13.1 Å². The second kappa shape index (κ2) is 10.5. The molecule has 6 nitrogen and oxygen atoms in total. The Morgan fingerprint density at radius 2 is 1.73 bits per heavy atom. The van der Waals surface area contributed by atoms with Crippen molar-refractivity contribution in [3.8, 4) is 11.5 Å². The number of amides is 1. The summed E-state index contributed by atoms with van der Waals surface area (Å²) in [4.78, 5) is 15.3. The largest absolute Gasteiger partial charge is 0.493 e. The molecule has 0 aliphatic heterocycles. The summed E-state index contributed by atoms with van der Waals surface area (Å²) in [7, 11) is -2.26. The van der Waals surface area contributed by atoms with Gasteiger partial charge in [0.15, 0.2) is 11.5 Å². The lowest BCUT2D eigenvalue weighted by Crippen LogP contribution is -2.37. The summed E-state index contributed by atoms with van der Waals surface area (Å²) in [6, 6.07) is 14.9. The summed E-state index contributed by atoms with van der Waals surface area (Å²) in [5.74, 6) is 0.548. The number of rotatable bonds is 10. The maximum Gasteiger partial charge on any atom is 0.306 e. The van der Waals surface area contributed by atoms with Crippen LogP contribution in [0.5, 0.6) is 11.5 Å². The molecule has 0 N–H and O–H groups in total. The number of methoxy groups -OCH3 is 1. The first kappa shape index (κ1) is 23.7. The molecular weight excluding hydrogens is 402 g/mol. The maximum absolute atomic E-state index is 13.4. The molecule has 0 radical (unpaired) electrons. The van der Waals surface area contributed by atoms with Gasteiger partial charge >= 0.3 is 10.1 Å². The second-order valence-corrected chi connectivity index (χ2v) is 9.33. The Morgan fingerprint density at radius 1 is 1.07 bits per heavy atom. The Bertz CT molecular complexity index is 941. The Balaban J connectivity index is 2.34. The first-order valence-electron chi connectivity index (χ1n) is 10.0. The molecule has 0 aliphatic carbocycles. The third-order valence-corrected chi connectivity index (χ3v) is 5.13. The molecule has 30 heavy (non-hydrogen) atoms. The quantitative estimate of drug-likeness (QED) is 0.525. The van der Waals surface area contributed by atoms with Crippen molar-refractivity contribution in [2.24, 2.45) is 5.92 Å². The SMILES string of the molecule is CCC(C(=O)N(Cc1ccc(OC)c(OS(C)(=O)=O)c1)CC(C)C)c1ccccc1. The van der Waals surface area contributed by atoms with Crippen molar-refractivity contribution < 1.29 is 22.1 Å². The van der Waals surface area contributed by atoms with Gasteiger partial charge in [0.05, 0.1) is 19.3 Å². The van der Waals surface area contributed by atoms with Gasteiger partial charge in [-0.15, -0.1) is 0 Å². The van der Waals surface area contributed by atoms with Crippen LogP contribution in [0.25, 0.3) is 0 Å². The van der Waals surface area contributed by atoms with Crippen LogP contribution in [-0.2, 0) is 21.5 Å². The van der Waals surface area contributed by atoms with Crippen LogP contribution >= 0.6 is 0 Å². The minimum absolute atomic E-state index is 0.0544. The Hall–Kier alpha value is -2.54. The lowest BCUT2D eigenvalue weighted by molar-refractivity contribution is -0.134. The van der Waals surface area contributed by atoms with Crippen molar-refractivity contribution in [2.45, 2.75) is 39.7 Å². The van der Waals surface area contributed by atoms with Gasteiger partial charge in [0.1, 0.15) is 0 Å². The highest BCUT2D eigenvalue weighted by molar-refractivity contribution is 7.86. The molecule has 0 bridgehead atoms. The van der Waals surface area contributed by atoms with Gasteiger partial charge in [-0.05, 0) is 35.6 Å². The summed E-state index contributed by atoms with van der Waals surface area (Å²) in [5, 5.41) is 0. The topological polar surface area (TPSA) is 72.9 Å². The Morgan fingerprint density at radius 3 is 2.27 bits per heavy atom. The summed E-state index contributed by atoms with van der Waals surface area (Å²) in [6.45, 7) is 7.08. The fraction of sp³-hybridized carbons (Fsp3) is 0.435. The van der Waals surface area contributed by atoms with E-state index in [1.54, 1.807) is 12.1 Å². The molecule has 2 rings (SSSR count). The fourth-order valence-corrected chi connectivity index (χ4v) is 3.86. The summed E-state index contributed by atoms with van der Waals surface area (Å²) in [6.07, 6.45) is 1.68. The zero-order chi connectivity index (χ0) is 22.3. The van der Waals surface area contributed by atoms with Gasteiger partial charge in [-0.2, -0.15) is 8.42 Å². The lowest BCUT2D eigenvalue weighted by Gasteiger charge is -2.29. The first-order valence-corrected chi connectivity index (χ1v) is 11.9. The highest BCUT2D eigenvalue weighted by Gasteiger charge is 2.25. The summed E-state index contributed by atoms with van der Waals surface area (Å²) < 4.78 is 33.5. The van der Waals surface area contributed by atoms with Crippen molar-refractivity contribution in [3.05, 3.63) is 59.7 Å². The second-order valence-electron chi connectivity index (χ2n) is 7.76. The minimum atomic E-state index is -3.70. The van der Waals surface area contributed by atoms with E-state index in [0.29, 0.717) is 25.3 Å². The molecule has 1 atom stereocenters. The van der Waals surface area contributed by atoms with E-state index in [9.17, 15) is 13.2 Å². The molecule has 0 aliphatic rings. The average molecular weight is 434 g/mol. The molecule has 2 aromatic carbocycles. The van der Waals surface area contributed by atoms with E-state index in [-0.39, 0.29) is 23.5 Å². The predicted octanol–water partition coefficient (Wildman–Crippen LogP) is 4.21. The molecule has 1 amide bonds. The molecule has 0 spiro atoms. The van der Waals surface area contributed by atoms with Crippen LogP contribution in [0.15, 0.2) is 48.5 Å². The number of benzene rings is 2. The highest BCUT2D eigenvalue weighted by atomic mass is 32.2. The molecular formula is C23H31NO5S. The zero-order valence-corrected chi connectivity index (χ0v) is 19.1. The van der Waals surface area contributed by atoms with Crippen LogP contribution in [-0.4, -0.2) is 39.1 Å². The highest BCUT2D eigenvalue weighted by Crippen LogP contribution is 2.30. The van der Waals surface area contributed by atoms with Crippen LogP contribution in [0.3, 0.4) is 0 Å². The van der Waals surface area contributed by atoms with E-state index in [2.05, 4.69) is 13.8 Å². The van der Waals surface area contributed by atoms with Crippen LogP contribution in [0.1, 0.15) is 44.2 Å². The van der Waals surface area contributed by atoms with E-state index < -0.39 is 10.1 Å². The number of hydrogen-bond donors (Lipinski definition) is 0. The number of carbonyl (C=O) groups excluding carboxylic acids is 1. The predicted molar refractivity (Wildman–Crippen MR) is 118 cm³/mol. The van der Waals surface area contributed by atoms with Gasteiger partial charge in [0.2, 0.25) is 5.91 Å². The third-order valence-electron chi connectivity index (χ3n) is 4.65. The monoisotopic (exact) mass is 433 g/mol. The van der Waals surface area contributed by atoms with E-state index >= 15 is 0 Å². The summed E-state index contributed by atoms with van der Waals surface area (Å²) >= 11 is 0. The zero-order valence-electron chi connectivity index (χ0n) is 18.3. The van der Waals surface area contributed by atoms with E-state index in [4.69, 9.17) is 8.92 Å². The molecule has 0 saturated carbocycles. The van der Waals surface area contributed by atoms with Crippen LogP contribution < -0.4 is 8.92 Å². The fourth-order valence-electron chi connectivity index (χ4n) is 3.40. The van der Waals surface area contributed by atoms with Crippen molar-refractivity contribution in [2.75, 3.05) is 19.9 Å². The van der Waals surface area contributed by atoms with Gasteiger partial charge in [-0.3, -0.25) is 4.79 Å². The Labute approximate surface area is 179 Å². The van der Waals surface area contributed by atoms with Crippen molar-refractivity contribution in [1.82, 2.24) is 4.90 Å². The van der Waals surface area contributed by atoms with Crippen molar-refractivity contribution in [3.63, 3.8) is 0 Å². The van der Waals surface area contributed by atoms with E-state index in [0.717, 1.165) is 17.4 Å². The van der Waals surface area contributed by atoms with Gasteiger partial charge in [-0.1, -0.05) is 57.2 Å². The van der Waals surface area contributed by atoms with Gasteiger partial charge < -0.3 is 13.8 Å². The minimum Gasteiger partial charge on any atom is -0.493 e. The Kier molecular flexibility index (Phi) is 8.29. The molecule has 7 heteroatoms. The van der Waals surface area contributed by atoms with E-state index in [1.807, 2.05) is 48.2 Å². The first-order chi connectivity index (χ1) is 14.1. The molecule has 1 unspecified atom stereocenters.